The molecule has 1 atom stereocenters. The lowest BCUT2D eigenvalue weighted by atomic mass is 9.69. The summed E-state index contributed by atoms with van der Waals surface area (Å²) in [4.78, 5) is 0. The predicted molar refractivity (Wildman–Crippen MR) is 118 cm³/mol. The van der Waals surface area contributed by atoms with E-state index in [1.165, 1.54) is 44.5 Å². The SMILES string of the molecule is C=CC=C1/C(=C\C)c2ccccc2C12C(/C=C\C)=C(C=C)c1ccccc12. The van der Waals surface area contributed by atoms with Gasteiger partial charge in [-0.2, -0.15) is 0 Å². The molecule has 27 heavy (non-hydrogen) atoms. The first-order valence-corrected chi connectivity index (χ1v) is 9.45. The van der Waals surface area contributed by atoms with E-state index in [0.717, 1.165) is 0 Å². The van der Waals surface area contributed by atoms with Gasteiger partial charge < -0.3 is 0 Å². The molecule has 0 nitrogen and oxygen atoms in total. The van der Waals surface area contributed by atoms with Crippen LogP contribution in [0.25, 0.3) is 11.1 Å². The third-order valence-electron chi connectivity index (χ3n) is 5.74. The van der Waals surface area contributed by atoms with Gasteiger partial charge in [-0.25, -0.2) is 0 Å². The Balaban J connectivity index is 2.26. The molecule has 0 amide bonds. The van der Waals surface area contributed by atoms with Crippen molar-refractivity contribution in [2.75, 3.05) is 0 Å². The zero-order valence-electron chi connectivity index (χ0n) is 16.0. The predicted octanol–water partition coefficient (Wildman–Crippen LogP) is 7.03. The summed E-state index contributed by atoms with van der Waals surface area (Å²) in [7, 11) is 0. The first kappa shape index (κ1) is 17.3. The normalized spacial score (nSPS) is 23.5. The number of benzene rings is 2. The van der Waals surface area contributed by atoms with E-state index in [-0.39, 0.29) is 5.41 Å². The zero-order chi connectivity index (χ0) is 19.0. The summed E-state index contributed by atoms with van der Waals surface area (Å²) in [5.74, 6) is 0. The van der Waals surface area contributed by atoms with Crippen molar-refractivity contribution in [1.82, 2.24) is 0 Å². The molecular formula is C27H24. The number of fused-ring (bicyclic) bond motifs is 4. The van der Waals surface area contributed by atoms with Crippen LogP contribution < -0.4 is 0 Å². The lowest BCUT2D eigenvalue weighted by Crippen LogP contribution is -2.26. The molecule has 0 radical (unpaired) electrons. The Morgan fingerprint density at radius 2 is 1.48 bits per heavy atom. The molecule has 2 aromatic rings. The summed E-state index contributed by atoms with van der Waals surface area (Å²) in [6.45, 7) is 12.4. The van der Waals surface area contributed by atoms with E-state index in [4.69, 9.17) is 0 Å². The topological polar surface area (TPSA) is 0 Å². The molecule has 2 aliphatic rings. The average molecular weight is 348 g/mol. The molecule has 0 aliphatic heterocycles. The maximum atomic E-state index is 4.15. The van der Waals surface area contributed by atoms with Crippen molar-refractivity contribution in [1.29, 1.82) is 0 Å². The van der Waals surface area contributed by atoms with Gasteiger partial charge in [-0.15, -0.1) is 0 Å². The maximum absolute atomic E-state index is 4.15. The molecule has 0 heterocycles. The van der Waals surface area contributed by atoms with Gasteiger partial charge in [0.25, 0.3) is 0 Å². The minimum absolute atomic E-state index is 0.320. The molecule has 0 N–H and O–H groups in total. The highest BCUT2D eigenvalue weighted by Gasteiger charge is 2.52. The molecule has 0 aromatic heterocycles. The van der Waals surface area contributed by atoms with E-state index in [9.17, 15) is 0 Å². The molecule has 0 heteroatoms. The van der Waals surface area contributed by atoms with Crippen molar-refractivity contribution in [2.45, 2.75) is 19.3 Å². The van der Waals surface area contributed by atoms with Crippen molar-refractivity contribution in [3.63, 3.8) is 0 Å². The Kier molecular flexibility index (Phi) is 4.20. The van der Waals surface area contributed by atoms with Crippen LogP contribution in [0, 0.1) is 0 Å². The third-order valence-corrected chi connectivity index (χ3v) is 5.74. The molecule has 0 saturated carbocycles. The Morgan fingerprint density at radius 1 is 0.852 bits per heavy atom. The molecule has 1 spiro atoms. The largest absolute Gasteiger partial charge is 0.0991 e. The maximum Gasteiger partial charge on any atom is 0.0725 e. The van der Waals surface area contributed by atoms with Gasteiger partial charge in [0.2, 0.25) is 0 Å². The minimum Gasteiger partial charge on any atom is -0.0991 e. The summed E-state index contributed by atoms with van der Waals surface area (Å²) < 4.78 is 0. The molecular weight excluding hydrogens is 324 g/mol. The summed E-state index contributed by atoms with van der Waals surface area (Å²) in [6, 6.07) is 17.5. The van der Waals surface area contributed by atoms with Gasteiger partial charge in [-0.3, -0.25) is 0 Å². The Bertz CT molecular complexity index is 1070. The van der Waals surface area contributed by atoms with Gasteiger partial charge in [0.1, 0.15) is 0 Å². The van der Waals surface area contributed by atoms with E-state index in [1.54, 1.807) is 0 Å². The second-order valence-corrected chi connectivity index (χ2v) is 6.89. The second-order valence-electron chi connectivity index (χ2n) is 6.89. The summed E-state index contributed by atoms with van der Waals surface area (Å²) >= 11 is 0. The van der Waals surface area contributed by atoms with Crippen LogP contribution >= 0.6 is 0 Å². The molecule has 0 fully saturated rings. The highest BCUT2D eigenvalue weighted by Crippen LogP contribution is 2.63. The smallest absolute Gasteiger partial charge is 0.0725 e. The van der Waals surface area contributed by atoms with Crippen molar-refractivity contribution in [3.8, 4) is 0 Å². The van der Waals surface area contributed by atoms with Crippen molar-refractivity contribution < 1.29 is 0 Å². The van der Waals surface area contributed by atoms with Crippen molar-refractivity contribution in [2.24, 2.45) is 0 Å². The standard InChI is InChI=1S/C27H24/c1-5-13-23-19(7-3)21-15-9-11-17-25(21)27(23)24(14-6-2)20(8-4)22-16-10-12-18-26(22)27/h5-18H,1,4H2,2-3H3/b14-6-,19-7-,23-13?. The minimum atomic E-state index is -0.320. The van der Waals surface area contributed by atoms with E-state index in [2.05, 4.69) is 99.8 Å². The van der Waals surface area contributed by atoms with Gasteiger partial charge in [-0.1, -0.05) is 98.1 Å². The first-order chi connectivity index (χ1) is 13.2. The van der Waals surface area contributed by atoms with Crippen LogP contribution in [0.2, 0.25) is 0 Å². The quantitative estimate of drug-likeness (QED) is 0.558. The highest BCUT2D eigenvalue weighted by molar-refractivity contribution is 6.01. The van der Waals surface area contributed by atoms with Gasteiger partial charge in [0.05, 0.1) is 5.41 Å². The van der Waals surface area contributed by atoms with Crippen molar-refractivity contribution in [3.05, 3.63) is 132 Å². The molecule has 2 aromatic carbocycles. The first-order valence-electron chi connectivity index (χ1n) is 9.45. The van der Waals surface area contributed by atoms with Crippen LogP contribution in [0.4, 0.5) is 0 Å². The highest BCUT2D eigenvalue weighted by atomic mass is 14.5. The van der Waals surface area contributed by atoms with E-state index < -0.39 is 0 Å². The van der Waals surface area contributed by atoms with Gasteiger partial charge in [-0.05, 0) is 58.4 Å². The Labute approximate surface area is 162 Å². The summed E-state index contributed by atoms with van der Waals surface area (Å²) in [5, 5.41) is 0. The van der Waals surface area contributed by atoms with Crippen LogP contribution in [0.1, 0.15) is 36.1 Å². The van der Waals surface area contributed by atoms with Gasteiger partial charge in [0.15, 0.2) is 0 Å². The number of hydrogen-bond donors (Lipinski definition) is 0. The third kappa shape index (κ3) is 2.10. The van der Waals surface area contributed by atoms with Gasteiger partial charge >= 0.3 is 0 Å². The average Bonchev–Trinajstić information content (AvgIpc) is 3.14. The Hall–Kier alpha value is -3.12. The fraction of sp³-hybridized carbons (Fsp3) is 0.111. The summed E-state index contributed by atoms with van der Waals surface area (Å²) in [6.07, 6.45) is 12.7. The molecule has 2 aliphatic carbocycles. The molecule has 0 saturated heterocycles. The molecule has 0 bridgehead atoms. The van der Waals surface area contributed by atoms with E-state index in [0.29, 0.717) is 0 Å². The fourth-order valence-electron chi connectivity index (χ4n) is 4.90. The van der Waals surface area contributed by atoms with Crippen LogP contribution in [0.5, 0.6) is 0 Å². The number of rotatable bonds is 3. The number of allylic oxidation sites excluding steroid dienone is 10. The monoisotopic (exact) mass is 348 g/mol. The fourth-order valence-corrected chi connectivity index (χ4v) is 4.90. The van der Waals surface area contributed by atoms with Crippen LogP contribution in [-0.2, 0) is 5.41 Å². The molecule has 132 valence electrons. The zero-order valence-corrected chi connectivity index (χ0v) is 16.0. The Morgan fingerprint density at radius 3 is 2.07 bits per heavy atom. The molecule has 1 unspecified atom stereocenters. The lowest BCUT2D eigenvalue weighted by Gasteiger charge is -2.32. The van der Waals surface area contributed by atoms with Crippen LogP contribution in [0.3, 0.4) is 0 Å². The lowest BCUT2D eigenvalue weighted by molar-refractivity contribution is 0.786. The summed E-state index contributed by atoms with van der Waals surface area (Å²) in [5.41, 5.74) is 9.99. The van der Waals surface area contributed by atoms with Crippen molar-refractivity contribution >= 4 is 11.1 Å². The number of hydrogen-bond acceptors (Lipinski definition) is 0. The van der Waals surface area contributed by atoms with Crippen LogP contribution in [0.15, 0.2) is 109 Å². The molecule has 4 rings (SSSR count). The van der Waals surface area contributed by atoms with E-state index >= 15 is 0 Å². The van der Waals surface area contributed by atoms with E-state index in [1.807, 2.05) is 12.2 Å². The van der Waals surface area contributed by atoms with Crippen LogP contribution in [-0.4, -0.2) is 0 Å². The second kappa shape index (κ2) is 6.55. The van der Waals surface area contributed by atoms with Gasteiger partial charge in [0, 0.05) is 0 Å².